The molecule has 0 saturated carbocycles. The van der Waals surface area contributed by atoms with E-state index in [1.807, 2.05) is 6.92 Å². The number of nitrogens with zero attached hydrogens (tertiary/aromatic N) is 3. The third-order valence-corrected chi connectivity index (χ3v) is 3.72. The molecule has 23 heavy (non-hydrogen) atoms. The zero-order valence-electron chi connectivity index (χ0n) is 14.1. The highest BCUT2D eigenvalue weighted by atomic mass is 16.5. The van der Waals surface area contributed by atoms with E-state index in [9.17, 15) is 4.79 Å². The molecule has 2 heterocycles. The average molecular weight is 321 g/mol. The lowest BCUT2D eigenvalue weighted by molar-refractivity contribution is 0.0383. The Morgan fingerprint density at radius 1 is 1.30 bits per heavy atom. The number of carbonyl (C=O) groups excluding carboxylic acids is 1. The van der Waals surface area contributed by atoms with Crippen LogP contribution in [0.2, 0.25) is 0 Å². The summed E-state index contributed by atoms with van der Waals surface area (Å²) in [5, 5.41) is 6.09. The Labute approximate surface area is 137 Å². The van der Waals surface area contributed by atoms with Gasteiger partial charge < -0.3 is 15.4 Å². The molecular formula is C16H27N5O2. The summed E-state index contributed by atoms with van der Waals surface area (Å²) in [5.74, 6) is 0.374. The Hall–Kier alpha value is -1.73. The van der Waals surface area contributed by atoms with Crippen LogP contribution in [0.15, 0.2) is 6.07 Å². The first kappa shape index (κ1) is 17.6. The van der Waals surface area contributed by atoms with Crippen molar-refractivity contribution in [3.8, 4) is 0 Å². The molecule has 2 rings (SSSR count). The first-order valence-corrected chi connectivity index (χ1v) is 8.37. The molecule has 0 bridgehead atoms. The molecule has 128 valence electrons. The van der Waals surface area contributed by atoms with Crippen molar-refractivity contribution < 1.29 is 9.53 Å². The van der Waals surface area contributed by atoms with Gasteiger partial charge in [0.1, 0.15) is 5.69 Å². The number of nitrogens with one attached hydrogen (secondary N) is 2. The largest absolute Gasteiger partial charge is 0.379 e. The molecule has 2 N–H and O–H groups in total. The van der Waals surface area contributed by atoms with Crippen molar-refractivity contribution in [2.45, 2.75) is 26.7 Å². The number of aromatic nitrogens is 2. The first-order valence-electron chi connectivity index (χ1n) is 8.37. The number of hydrogen-bond donors (Lipinski definition) is 2. The van der Waals surface area contributed by atoms with Gasteiger partial charge in [0, 0.05) is 38.4 Å². The fourth-order valence-corrected chi connectivity index (χ4v) is 2.38. The van der Waals surface area contributed by atoms with Gasteiger partial charge >= 0.3 is 0 Å². The molecule has 1 aromatic rings. The number of unbranched alkanes of at least 4 members (excludes halogenated alkanes) is 1. The zero-order valence-corrected chi connectivity index (χ0v) is 14.1. The van der Waals surface area contributed by atoms with E-state index in [1.165, 1.54) is 0 Å². The fourth-order valence-electron chi connectivity index (χ4n) is 2.38. The minimum atomic E-state index is -0.151. The van der Waals surface area contributed by atoms with Crippen molar-refractivity contribution in [3.05, 3.63) is 17.5 Å². The molecule has 7 nitrogen and oxygen atoms in total. The molecule has 1 aliphatic heterocycles. The van der Waals surface area contributed by atoms with Gasteiger partial charge in [-0.2, -0.15) is 0 Å². The number of anilines is 1. The predicted molar refractivity (Wildman–Crippen MR) is 89.8 cm³/mol. The fraction of sp³-hybridized carbons (Fsp3) is 0.688. The van der Waals surface area contributed by atoms with Gasteiger partial charge in [-0.25, -0.2) is 9.97 Å². The summed E-state index contributed by atoms with van der Waals surface area (Å²) in [7, 11) is 0. The normalized spacial score (nSPS) is 15.4. The number of hydrogen-bond acceptors (Lipinski definition) is 6. The Morgan fingerprint density at radius 2 is 2.09 bits per heavy atom. The number of ether oxygens (including phenoxy) is 1. The second-order valence-corrected chi connectivity index (χ2v) is 5.71. The van der Waals surface area contributed by atoms with E-state index < -0.39 is 0 Å². The van der Waals surface area contributed by atoms with Crippen LogP contribution in [0.4, 0.5) is 5.95 Å². The van der Waals surface area contributed by atoms with Crippen LogP contribution in [-0.4, -0.2) is 66.7 Å². The Morgan fingerprint density at radius 3 is 2.83 bits per heavy atom. The molecule has 0 radical (unpaired) electrons. The van der Waals surface area contributed by atoms with Gasteiger partial charge in [0.05, 0.1) is 13.2 Å². The van der Waals surface area contributed by atoms with Crippen molar-refractivity contribution in [1.82, 2.24) is 20.2 Å². The number of morpholine rings is 1. The van der Waals surface area contributed by atoms with E-state index in [0.29, 0.717) is 18.2 Å². The van der Waals surface area contributed by atoms with Crippen LogP contribution in [-0.2, 0) is 4.74 Å². The Bertz CT molecular complexity index is 503. The molecule has 1 aromatic heterocycles. The zero-order chi connectivity index (χ0) is 16.5. The van der Waals surface area contributed by atoms with E-state index in [4.69, 9.17) is 4.74 Å². The van der Waals surface area contributed by atoms with Gasteiger partial charge in [-0.1, -0.05) is 13.3 Å². The molecule has 1 amide bonds. The molecule has 7 heteroatoms. The van der Waals surface area contributed by atoms with E-state index in [0.717, 1.165) is 57.9 Å². The monoisotopic (exact) mass is 321 g/mol. The van der Waals surface area contributed by atoms with Crippen molar-refractivity contribution in [3.63, 3.8) is 0 Å². The summed E-state index contributed by atoms with van der Waals surface area (Å²) >= 11 is 0. The SMILES string of the molecule is CCCCNc1nc(C)cc(C(=O)NCCN2CCOCC2)n1. The van der Waals surface area contributed by atoms with Crippen molar-refractivity contribution in [2.24, 2.45) is 0 Å². The van der Waals surface area contributed by atoms with Crippen LogP contribution in [0.3, 0.4) is 0 Å². The van der Waals surface area contributed by atoms with Gasteiger partial charge in [-0.05, 0) is 19.4 Å². The lowest BCUT2D eigenvalue weighted by Gasteiger charge is -2.26. The van der Waals surface area contributed by atoms with Crippen molar-refractivity contribution >= 4 is 11.9 Å². The molecule has 1 aliphatic rings. The first-order chi connectivity index (χ1) is 11.2. The highest BCUT2D eigenvalue weighted by Crippen LogP contribution is 2.05. The van der Waals surface area contributed by atoms with Gasteiger partial charge in [-0.15, -0.1) is 0 Å². The van der Waals surface area contributed by atoms with Crippen LogP contribution in [0.5, 0.6) is 0 Å². The van der Waals surface area contributed by atoms with Gasteiger partial charge in [0.25, 0.3) is 5.91 Å². The van der Waals surface area contributed by atoms with E-state index >= 15 is 0 Å². The standard InChI is InChI=1S/C16H27N5O2/c1-3-4-5-18-16-19-13(2)12-14(20-16)15(22)17-6-7-21-8-10-23-11-9-21/h12H,3-11H2,1-2H3,(H,17,22)(H,18,19,20). The molecule has 1 fully saturated rings. The molecule has 1 saturated heterocycles. The maximum absolute atomic E-state index is 12.2. The van der Waals surface area contributed by atoms with Gasteiger partial charge in [0.15, 0.2) is 0 Å². The summed E-state index contributed by atoms with van der Waals surface area (Å²) in [6.07, 6.45) is 2.16. The van der Waals surface area contributed by atoms with Crippen LogP contribution < -0.4 is 10.6 Å². The predicted octanol–water partition coefficient (Wildman–Crippen LogP) is 1.06. The topological polar surface area (TPSA) is 79.4 Å². The summed E-state index contributed by atoms with van der Waals surface area (Å²) in [6, 6.07) is 1.72. The highest BCUT2D eigenvalue weighted by Gasteiger charge is 2.13. The summed E-state index contributed by atoms with van der Waals surface area (Å²) < 4.78 is 5.31. The maximum Gasteiger partial charge on any atom is 0.270 e. The van der Waals surface area contributed by atoms with Crippen LogP contribution in [0.1, 0.15) is 35.9 Å². The van der Waals surface area contributed by atoms with Gasteiger partial charge in [-0.3, -0.25) is 9.69 Å². The Kier molecular flexibility index (Phi) is 7.22. The third-order valence-electron chi connectivity index (χ3n) is 3.72. The smallest absolute Gasteiger partial charge is 0.270 e. The molecule has 0 atom stereocenters. The van der Waals surface area contributed by atoms with Crippen LogP contribution in [0.25, 0.3) is 0 Å². The molecule has 0 aliphatic carbocycles. The second kappa shape index (κ2) is 9.42. The highest BCUT2D eigenvalue weighted by molar-refractivity contribution is 5.92. The third kappa shape index (κ3) is 6.11. The van der Waals surface area contributed by atoms with Crippen molar-refractivity contribution in [1.29, 1.82) is 0 Å². The number of amides is 1. The van der Waals surface area contributed by atoms with Crippen LogP contribution >= 0.6 is 0 Å². The number of aryl methyl sites for hydroxylation is 1. The average Bonchev–Trinajstić information content (AvgIpc) is 2.55. The lowest BCUT2D eigenvalue weighted by Crippen LogP contribution is -2.41. The molecule has 0 unspecified atom stereocenters. The minimum Gasteiger partial charge on any atom is -0.379 e. The molecule has 0 spiro atoms. The van der Waals surface area contributed by atoms with E-state index in [-0.39, 0.29) is 5.91 Å². The number of carbonyl (C=O) groups is 1. The summed E-state index contributed by atoms with van der Waals surface area (Å²) in [6.45, 7) is 9.66. The summed E-state index contributed by atoms with van der Waals surface area (Å²) in [4.78, 5) is 23.2. The van der Waals surface area contributed by atoms with Crippen molar-refractivity contribution in [2.75, 3.05) is 51.3 Å². The van der Waals surface area contributed by atoms with Gasteiger partial charge in [0.2, 0.25) is 5.95 Å². The quantitative estimate of drug-likeness (QED) is 0.697. The van der Waals surface area contributed by atoms with E-state index in [1.54, 1.807) is 6.07 Å². The van der Waals surface area contributed by atoms with Crippen LogP contribution in [0, 0.1) is 6.92 Å². The molecular weight excluding hydrogens is 294 g/mol. The Balaban J connectivity index is 1.82. The minimum absolute atomic E-state index is 0.151. The summed E-state index contributed by atoms with van der Waals surface area (Å²) in [5.41, 5.74) is 1.20. The molecule has 0 aromatic carbocycles. The second-order valence-electron chi connectivity index (χ2n) is 5.71. The van der Waals surface area contributed by atoms with E-state index in [2.05, 4.69) is 32.4 Å². The number of rotatable bonds is 8. The maximum atomic E-state index is 12.2. The lowest BCUT2D eigenvalue weighted by atomic mass is 10.3.